The average molecular weight is 377 g/mol. The second-order valence-electron chi connectivity index (χ2n) is 4.53. The molecule has 1 atom stereocenters. The quantitative estimate of drug-likeness (QED) is 0.782. The lowest BCUT2D eigenvalue weighted by Gasteiger charge is -2.25. The van der Waals surface area contributed by atoms with Crippen molar-refractivity contribution in [2.45, 2.75) is 12.0 Å². The molecular weight excluding hydrogens is 361 g/mol. The summed E-state index contributed by atoms with van der Waals surface area (Å²) in [7, 11) is 1.61. The van der Waals surface area contributed by atoms with Gasteiger partial charge in [-0.1, -0.05) is 0 Å². The predicted molar refractivity (Wildman–Crippen MR) is 78.3 cm³/mol. The number of benzene rings is 1. The fourth-order valence-electron chi connectivity index (χ4n) is 1.99. The van der Waals surface area contributed by atoms with Crippen molar-refractivity contribution in [3.63, 3.8) is 0 Å². The zero-order chi connectivity index (χ0) is 13.9. The van der Waals surface area contributed by atoms with Crippen LogP contribution in [-0.4, -0.2) is 43.5 Å². The van der Waals surface area contributed by atoms with Gasteiger partial charge < -0.3 is 19.9 Å². The van der Waals surface area contributed by atoms with Crippen LogP contribution >= 0.6 is 22.6 Å². The van der Waals surface area contributed by atoms with Gasteiger partial charge in [-0.3, -0.25) is 4.79 Å². The molecule has 1 amide bonds. The minimum atomic E-state index is -0.451. The predicted octanol–water partition coefficient (Wildman–Crippen LogP) is 1.53. The van der Waals surface area contributed by atoms with Crippen LogP contribution < -0.4 is 5.32 Å². The van der Waals surface area contributed by atoms with Crippen molar-refractivity contribution in [3.8, 4) is 5.75 Å². The average Bonchev–Trinajstić information content (AvgIpc) is 2.88. The molecule has 0 aromatic heterocycles. The van der Waals surface area contributed by atoms with E-state index in [2.05, 4.69) is 27.9 Å². The van der Waals surface area contributed by atoms with Crippen LogP contribution in [0.25, 0.3) is 0 Å². The summed E-state index contributed by atoms with van der Waals surface area (Å²) in [4.78, 5) is 12.1. The van der Waals surface area contributed by atoms with Gasteiger partial charge in [-0.05, 0) is 40.8 Å². The minimum Gasteiger partial charge on any atom is -0.507 e. The zero-order valence-corrected chi connectivity index (χ0v) is 12.8. The number of methoxy groups -OCH3 is 1. The lowest BCUT2D eigenvalue weighted by molar-refractivity contribution is -0.0148. The Balaban J connectivity index is 2.03. The molecule has 6 heteroatoms. The van der Waals surface area contributed by atoms with E-state index in [1.807, 2.05) is 0 Å². The molecule has 1 aromatic carbocycles. The molecule has 0 radical (unpaired) electrons. The van der Waals surface area contributed by atoms with Gasteiger partial charge in [0.15, 0.2) is 0 Å². The summed E-state index contributed by atoms with van der Waals surface area (Å²) in [5.74, 6) is -0.327. The Labute approximate surface area is 125 Å². The van der Waals surface area contributed by atoms with Crippen LogP contribution in [0.3, 0.4) is 0 Å². The Morgan fingerprint density at radius 1 is 1.63 bits per heavy atom. The van der Waals surface area contributed by atoms with E-state index in [0.29, 0.717) is 19.8 Å². The van der Waals surface area contributed by atoms with E-state index < -0.39 is 5.60 Å². The highest BCUT2D eigenvalue weighted by Gasteiger charge is 2.35. The smallest absolute Gasteiger partial charge is 0.255 e. The van der Waals surface area contributed by atoms with Crippen LogP contribution in [0.4, 0.5) is 0 Å². The van der Waals surface area contributed by atoms with Gasteiger partial charge in [-0.2, -0.15) is 0 Å². The molecule has 1 aliphatic heterocycles. The highest BCUT2D eigenvalue weighted by atomic mass is 127. The maximum Gasteiger partial charge on any atom is 0.255 e. The lowest BCUT2D eigenvalue weighted by atomic mass is 10.0. The number of hydrogen-bond acceptors (Lipinski definition) is 4. The van der Waals surface area contributed by atoms with Crippen LogP contribution in [0.1, 0.15) is 16.8 Å². The first-order valence-corrected chi connectivity index (χ1v) is 7.04. The standard InChI is InChI=1S/C13H16INO4/c1-18-13(4-5-19-8-13)7-15-12(17)10-6-9(14)2-3-11(10)16/h2-3,6,16H,4-5,7-8H2,1H3,(H,15,17). The van der Waals surface area contributed by atoms with Crippen LogP contribution in [-0.2, 0) is 9.47 Å². The van der Waals surface area contributed by atoms with Gasteiger partial charge in [0, 0.05) is 30.3 Å². The van der Waals surface area contributed by atoms with Gasteiger partial charge in [0.05, 0.1) is 12.2 Å². The highest BCUT2D eigenvalue weighted by Crippen LogP contribution is 2.23. The van der Waals surface area contributed by atoms with Crippen LogP contribution in [0.2, 0.25) is 0 Å². The van der Waals surface area contributed by atoms with Crippen molar-refractivity contribution in [1.82, 2.24) is 5.32 Å². The second-order valence-corrected chi connectivity index (χ2v) is 5.78. The Kier molecular flexibility index (Phi) is 4.64. The van der Waals surface area contributed by atoms with Gasteiger partial charge in [0.1, 0.15) is 11.4 Å². The fourth-order valence-corrected chi connectivity index (χ4v) is 2.48. The number of amides is 1. The van der Waals surface area contributed by atoms with Crippen molar-refractivity contribution in [3.05, 3.63) is 27.3 Å². The molecule has 104 valence electrons. The van der Waals surface area contributed by atoms with E-state index in [1.165, 1.54) is 6.07 Å². The molecule has 1 saturated heterocycles. The van der Waals surface area contributed by atoms with E-state index in [1.54, 1.807) is 19.2 Å². The van der Waals surface area contributed by atoms with Gasteiger partial charge in [-0.15, -0.1) is 0 Å². The number of nitrogens with one attached hydrogen (secondary N) is 1. The number of aromatic hydroxyl groups is 1. The van der Waals surface area contributed by atoms with E-state index in [0.717, 1.165) is 9.99 Å². The third-order valence-electron chi connectivity index (χ3n) is 3.27. The topological polar surface area (TPSA) is 67.8 Å². The molecule has 0 saturated carbocycles. The number of rotatable bonds is 4. The van der Waals surface area contributed by atoms with Gasteiger partial charge in [-0.25, -0.2) is 0 Å². The number of carbonyl (C=O) groups is 1. The summed E-state index contributed by atoms with van der Waals surface area (Å²) in [6.07, 6.45) is 0.752. The molecule has 1 fully saturated rings. The number of carbonyl (C=O) groups excluding carboxylic acids is 1. The normalized spacial score (nSPS) is 22.4. The Morgan fingerprint density at radius 3 is 3.05 bits per heavy atom. The summed E-state index contributed by atoms with van der Waals surface area (Å²) in [5.41, 5.74) is -0.176. The summed E-state index contributed by atoms with van der Waals surface area (Å²) in [5, 5.41) is 12.5. The third kappa shape index (κ3) is 3.37. The van der Waals surface area contributed by atoms with Crippen LogP contribution in [0, 0.1) is 3.57 Å². The van der Waals surface area contributed by atoms with E-state index >= 15 is 0 Å². The SMILES string of the molecule is COC1(CNC(=O)c2cc(I)ccc2O)CCOC1. The molecule has 0 spiro atoms. The van der Waals surface area contributed by atoms with Crippen molar-refractivity contribution in [1.29, 1.82) is 0 Å². The first-order valence-electron chi connectivity index (χ1n) is 5.96. The number of phenolic OH excluding ortho intramolecular Hbond substituents is 1. The first-order chi connectivity index (χ1) is 9.06. The molecular formula is C13H16INO4. The van der Waals surface area contributed by atoms with Crippen LogP contribution in [0.5, 0.6) is 5.75 Å². The van der Waals surface area contributed by atoms with Crippen molar-refractivity contribution < 1.29 is 19.4 Å². The molecule has 19 heavy (non-hydrogen) atoms. The molecule has 2 N–H and O–H groups in total. The van der Waals surface area contributed by atoms with Crippen molar-refractivity contribution >= 4 is 28.5 Å². The van der Waals surface area contributed by atoms with Gasteiger partial charge >= 0.3 is 0 Å². The summed E-state index contributed by atoms with van der Waals surface area (Å²) in [6, 6.07) is 4.91. The molecule has 5 nitrogen and oxygen atoms in total. The maximum absolute atomic E-state index is 12.1. The van der Waals surface area contributed by atoms with Crippen molar-refractivity contribution in [2.24, 2.45) is 0 Å². The fraction of sp³-hybridized carbons (Fsp3) is 0.462. The highest BCUT2D eigenvalue weighted by molar-refractivity contribution is 14.1. The summed E-state index contributed by atoms with van der Waals surface area (Å²) in [6.45, 7) is 1.48. The Morgan fingerprint density at radius 2 is 2.42 bits per heavy atom. The lowest BCUT2D eigenvalue weighted by Crippen LogP contribution is -2.45. The summed E-state index contributed by atoms with van der Waals surface area (Å²) < 4.78 is 11.6. The second kappa shape index (κ2) is 6.06. The molecule has 1 unspecified atom stereocenters. The monoisotopic (exact) mass is 377 g/mol. The van der Waals surface area contributed by atoms with Gasteiger partial charge in [0.2, 0.25) is 0 Å². The van der Waals surface area contributed by atoms with E-state index in [-0.39, 0.29) is 17.2 Å². The van der Waals surface area contributed by atoms with E-state index in [4.69, 9.17) is 9.47 Å². The zero-order valence-electron chi connectivity index (χ0n) is 10.6. The molecule has 1 aromatic rings. The van der Waals surface area contributed by atoms with E-state index in [9.17, 15) is 9.90 Å². The first kappa shape index (κ1) is 14.5. The Bertz CT molecular complexity index is 472. The maximum atomic E-state index is 12.1. The third-order valence-corrected chi connectivity index (χ3v) is 3.95. The molecule has 0 bridgehead atoms. The molecule has 0 aliphatic carbocycles. The van der Waals surface area contributed by atoms with Crippen LogP contribution in [0.15, 0.2) is 18.2 Å². The largest absolute Gasteiger partial charge is 0.507 e. The number of hydrogen-bond donors (Lipinski definition) is 2. The molecule has 1 heterocycles. The number of phenols is 1. The minimum absolute atomic E-state index is 0.0212. The summed E-state index contributed by atoms with van der Waals surface area (Å²) >= 11 is 2.10. The number of halogens is 1. The Hall–Kier alpha value is -0.860. The van der Waals surface area contributed by atoms with Crippen molar-refractivity contribution in [2.75, 3.05) is 26.9 Å². The van der Waals surface area contributed by atoms with Gasteiger partial charge in [0.25, 0.3) is 5.91 Å². The number of ether oxygens (including phenoxy) is 2. The molecule has 2 rings (SSSR count). The molecule has 1 aliphatic rings.